The quantitative estimate of drug-likeness (QED) is 0.0580. The molecule has 0 saturated carbocycles. The molecule has 0 aliphatic carbocycles. The molecule has 63 heavy (non-hydrogen) atoms. The van der Waals surface area contributed by atoms with Gasteiger partial charge in [-0.05, 0) is 25.3 Å². The predicted octanol–water partition coefficient (Wildman–Crippen LogP) is -1.10. The fourth-order valence-corrected chi connectivity index (χ4v) is 7.26. The molecule has 2 amide bonds. The van der Waals surface area contributed by atoms with E-state index < -0.39 is 36.0 Å². The Hall–Kier alpha value is -4.75. The van der Waals surface area contributed by atoms with Gasteiger partial charge in [0, 0.05) is 116 Å². The topological polar surface area (TPSA) is 269 Å². The molecule has 2 aliphatic rings. The summed E-state index contributed by atoms with van der Waals surface area (Å²) in [6, 6.07) is -0.751. The van der Waals surface area contributed by atoms with Crippen molar-refractivity contribution < 1.29 is 85.3 Å². The SMILES string of the molecule is C=CC(=O)N[C@@H]1CN(c2nc(Nc3cn(CCCCCNC(=O)CN4CCN(CC(=O)O)CCN(CC(=O)O)CCN(CC(=O)O)CC4)nc3OC)c3ncn(C)c3n2)C[C@H]1F.[Lu]. The van der Waals surface area contributed by atoms with E-state index in [-0.39, 0.29) is 101 Å². The van der Waals surface area contributed by atoms with Crippen molar-refractivity contribution in [3.63, 3.8) is 0 Å². The number of carbonyl (C=O) groups excluding carboxylic acids is 2. The number of halogens is 1. The predicted molar refractivity (Wildman–Crippen MR) is 223 cm³/mol. The number of rotatable bonds is 20. The summed E-state index contributed by atoms with van der Waals surface area (Å²) < 4.78 is 23.9. The number of fused-ring (bicyclic) bond motifs is 1. The van der Waals surface area contributed by atoms with Crippen LogP contribution in [0.4, 0.5) is 21.8 Å². The number of aromatic nitrogens is 6. The molecule has 2 aliphatic heterocycles. The Morgan fingerprint density at radius 1 is 0.857 bits per heavy atom. The van der Waals surface area contributed by atoms with Crippen LogP contribution in [0.15, 0.2) is 25.2 Å². The van der Waals surface area contributed by atoms with Crippen LogP contribution in [0.1, 0.15) is 19.3 Å². The molecule has 5 heterocycles. The molecule has 0 spiro atoms. The van der Waals surface area contributed by atoms with Crippen molar-refractivity contribution in [1.82, 2.24) is 59.5 Å². The molecule has 3 aromatic rings. The molecule has 3 aromatic heterocycles. The number of nitrogens with zero attached hydrogens (tertiary/aromatic N) is 11. The number of nitrogens with one attached hydrogen (secondary N) is 3. The zero-order valence-corrected chi connectivity index (χ0v) is 37.0. The number of amides is 2. The van der Waals surface area contributed by atoms with E-state index in [1.807, 2.05) is 4.90 Å². The first kappa shape index (κ1) is 50.9. The summed E-state index contributed by atoms with van der Waals surface area (Å²) in [6.45, 7) is 6.37. The second kappa shape index (κ2) is 24.9. The number of aryl methyl sites for hydroxylation is 2. The van der Waals surface area contributed by atoms with Crippen molar-refractivity contribution >= 4 is 58.3 Å². The molecule has 355 valence electrons. The molecule has 1 radical (unpaired) electrons. The van der Waals surface area contributed by atoms with Crippen molar-refractivity contribution in [2.24, 2.45) is 7.05 Å². The monoisotopic (exact) mass is 1050 g/mol. The van der Waals surface area contributed by atoms with Crippen molar-refractivity contribution in [2.75, 3.05) is 115 Å². The number of alkyl halides is 1. The number of carbonyl (C=O) groups is 5. The van der Waals surface area contributed by atoms with E-state index in [4.69, 9.17) is 4.74 Å². The summed E-state index contributed by atoms with van der Waals surface area (Å²) in [5.74, 6) is -2.80. The van der Waals surface area contributed by atoms with Crippen LogP contribution in [0.25, 0.3) is 11.2 Å². The Labute approximate surface area is 392 Å². The van der Waals surface area contributed by atoms with Gasteiger partial charge in [-0.1, -0.05) is 6.58 Å². The minimum absolute atomic E-state index is 0. The third kappa shape index (κ3) is 15.8. The molecule has 25 heteroatoms. The van der Waals surface area contributed by atoms with Gasteiger partial charge in [0.1, 0.15) is 11.9 Å². The van der Waals surface area contributed by atoms with E-state index in [0.717, 1.165) is 18.9 Å². The van der Waals surface area contributed by atoms with Gasteiger partial charge in [0.15, 0.2) is 17.0 Å². The van der Waals surface area contributed by atoms with Crippen molar-refractivity contribution in [3.05, 3.63) is 25.2 Å². The van der Waals surface area contributed by atoms with Crippen LogP contribution < -0.4 is 25.6 Å². The largest absolute Gasteiger partial charge is 0.480 e. The number of aliphatic carboxylic acids is 3. The fourth-order valence-electron chi connectivity index (χ4n) is 7.26. The summed E-state index contributed by atoms with van der Waals surface area (Å²) >= 11 is 0. The molecule has 23 nitrogen and oxygen atoms in total. The van der Waals surface area contributed by atoms with Gasteiger partial charge in [-0.3, -0.25) is 48.3 Å². The zero-order chi connectivity index (χ0) is 44.8. The Kier molecular flexibility index (Phi) is 20.1. The van der Waals surface area contributed by atoms with E-state index in [1.165, 1.54) is 7.11 Å². The number of ether oxygens (including phenoxy) is 1. The van der Waals surface area contributed by atoms with Crippen LogP contribution in [0, 0.1) is 36.9 Å². The first-order chi connectivity index (χ1) is 29.7. The van der Waals surface area contributed by atoms with E-state index in [2.05, 4.69) is 42.6 Å². The molecule has 0 aromatic carbocycles. The normalized spacial score (nSPS) is 18.5. The number of carboxylic acid groups (broad SMARTS) is 3. The van der Waals surface area contributed by atoms with Gasteiger partial charge in [-0.15, -0.1) is 5.10 Å². The van der Waals surface area contributed by atoms with Crippen LogP contribution in [0.5, 0.6) is 5.88 Å². The van der Waals surface area contributed by atoms with Crippen LogP contribution in [-0.4, -0.2) is 211 Å². The maximum Gasteiger partial charge on any atom is 0.317 e. The van der Waals surface area contributed by atoms with E-state index >= 15 is 0 Å². The number of methoxy groups -OCH3 is 1. The third-order valence-corrected chi connectivity index (χ3v) is 10.5. The van der Waals surface area contributed by atoms with Crippen molar-refractivity contribution in [2.45, 2.75) is 38.0 Å². The first-order valence-electron chi connectivity index (χ1n) is 20.4. The van der Waals surface area contributed by atoms with Gasteiger partial charge < -0.3 is 45.5 Å². The zero-order valence-electron chi connectivity index (χ0n) is 35.4. The molecule has 0 unspecified atom stereocenters. The number of hydrogen-bond acceptors (Lipinski definition) is 16. The summed E-state index contributed by atoms with van der Waals surface area (Å²) in [4.78, 5) is 81.9. The molecule has 2 atom stereocenters. The second-order valence-electron chi connectivity index (χ2n) is 15.3. The molecule has 5 rings (SSSR count). The molecule has 0 bridgehead atoms. The van der Waals surface area contributed by atoms with Gasteiger partial charge in [0.25, 0.3) is 5.88 Å². The summed E-state index contributed by atoms with van der Waals surface area (Å²) in [6.07, 6.45) is 5.34. The van der Waals surface area contributed by atoms with Crippen LogP contribution in [0.3, 0.4) is 0 Å². The Balaban J connectivity index is 0.00000871. The maximum absolute atomic E-state index is 14.9. The van der Waals surface area contributed by atoms with E-state index in [1.54, 1.807) is 48.4 Å². The number of hydrogen-bond donors (Lipinski definition) is 6. The van der Waals surface area contributed by atoms with Crippen molar-refractivity contribution in [3.8, 4) is 5.88 Å². The van der Waals surface area contributed by atoms with Gasteiger partial charge in [0.2, 0.25) is 17.8 Å². The fraction of sp³-hybridized carbons (Fsp3) is 0.605. The van der Waals surface area contributed by atoms with Gasteiger partial charge in [0.05, 0.1) is 58.4 Å². The van der Waals surface area contributed by atoms with Crippen LogP contribution in [-0.2, 0) is 37.6 Å². The summed E-state index contributed by atoms with van der Waals surface area (Å²) in [7, 11) is 3.29. The number of unbranched alkanes of at least 4 members (excludes halogenated alkanes) is 2. The standard InChI is InChI=1S/C38H57FN14O9.Lu/c1-4-29(54)42-27-19-52(18-26(27)39)38-44-35(34-36(45-38)47(2)25-41-34)43-28-20-53(46-37(28)62-3)9-7-5-6-8-40-30(55)21-48-10-12-49(22-31(56)57)14-16-51(24-33(60)61)17-15-50(13-11-48)23-32(58)59;/h4,20,25-27H,1,5-19,21-24H2,2-3H3,(H,40,55)(H,42,54)(H,56,57)(H,58,59)(H,60,61)(H,43,44,45);/t26-,27-;/m1./s1. The molecular formula is C38H57FLuN14O9. The average molecular weight is 1050 g/mol. The van der Waals surface area contributed by atoms with Gasteiger partial charge >= 0.3 is 17.9 Å². The first-order valence-corrected chi connectivity index (χ1v) is 20.4. The minimum atomic E-state index is -1.34. The Morgan fingerprint density at radius 3 is 1.97 bits per heavy atom. The number of anilines is 3. The van der Waals surface area contributed by atoms with Gasteiger partial charge in [-0.25, -0.2) is 9.37 Å². The summed E-state index contributed by atoms with van der Waals surface area (Å²) in [5, 5.41) is 41.7. The smallest absolute Gasteiger partial charge is 0.317 e. The van der Waals surface area contributed by atoms with Gasteiger partial charge in [-0.2, -0.15) is 9.97 Å². The van der Waals surface area contributed by atoms with Crippen molar-refractivity contribution in [1.29, 1.82) is 0 Å². The summed E-state index contributed by atoms with van der Waals surface area (Å²) in [5.41, 5.74) is 1.52. The Morgan fingerprint density at radius 2 is 1.43 bits per heavy atom. The number of imidazole rings is 1. The Bertz CT molecular complexity index is 2010. The third-order valence-electron chi connectivity index (χ3n) is 10.5. The van der Waals surface area contributed by atoms with E-state index in [0.29, 0.717) is 87.3 Å². The number of carboxylic acids is 3. The molecule has 2 saturated heterocycles. The van der Waals surface area contributed by atoms with Crippen LogP contribution >= 0.6 is 0 Å². The average Bonchev–Trinajstić information content (AvgIpc) is 3.92. The van der Waals surface area contributed by atoms with Crippen LogP contribution in [0.2, 0.25) is 0 Å². The maximum atomic E-state index is 14.9. The second-order valence-corrected chi connectivity index (χ2v) is 15.3. The molecule has 6 N–H and O–H groups in total. The molecular weight excluding hydrogens is 990 g/mol. The minimum Gasteiger partial charge on any atom is -0.480 e. The van der Waals surface area contributed by atoms with E-state index in [9.17, 15) is 43.7 Å². The molecule has 2 fully saturated rings.